The Balaban J connectivity index is 1.99. The van der Waals surface area contributed by atoms with Crippen molar-refractivity contribution in [1.29, 1.82) is 0 Å². The average molecular weight is 328 g/mol. The fraction of sp³-hybridized carbons (Fsp3) is 0.550. The summed E-state index contributed by atoms with van der Waals surface area (Å²) in [4.78, 5) is 11.9. The van der Waals surface area contributed by atoms with E-state index in [9.17, 15) is 4.79 Å². The van der Waals surface area contributed by atoms with Gasteiger partial charge in [-0.2, -0.15) is 0 Å². The van der Waals surface area contributed by atoms with Gasteiger partial charge in [-0.05, 0) is 49.4 Å². The number of fused-ring (bicyclic) bond motifs is 3. The van der Waals surface area contributed by atoms with E-state index in [4.69, 9.17) is 4.74 Å². The Kier molecular flexibility index (Phi) is 5.12. The van der Waals surface area contributed by atoms with E-state index in [-0.39, 0.29) is 5.91 Å². The molecule has 1 amide bonds. The molecule has 24 heavy (non-hydrogen) atoms. The average Bonchev–Trinajstić information content (AvgIpc) is 2.74. The summed E-state index contributed by atoms with van der Waals surface area (Å²) in [5, 5.41) is 4.43. The van der Waals surface area contributed by atoms with E-state index < -0.39 is 0 Å². The van der Waals surface area contributed by atoms with Gasteiger partial charge in [0.05, 0.1) is 7.11 Å². The lowest BCUT2D eigenvalue weighted by molar-refractivity contribution is -0.121. The number of aromatic nitrogens is 1. The number of carbonyl (C=O) groups is 1. The minimum absolute atomic E-state index is 0.168. The van der Waals surface area contributed by atoms with E-state index in [0.717, 1.165) is 31.6 Å². The second-order valence-corrected chi connectivity index (χ2v) is 6.80. The molecule has 0 saturated heterocycles. The van der Waals surface area contributed by atoms with Gasteiger partial charge in [-0.15, -0.1) is 0 Å². The van der Waals surface area contributed by atoms with Gasteiger partial charge in [0.15, 0.2) is 0 Å². The summed E-state index contributed by atoms with van der Waals surface area (Å²) in [5.41, 5.74) is 4.10. The van der Waals surface area contributed by atoms with E-state index >= 15 is 0 Å². The van der Waals surface area contributed by atoms with Gasteiger partial charge in [0.2, 0.25) is 5.91 Å². The van der Waals surface area contributed by atoms with Crippen LogP contribution in [0.4, 0.5) is 0 Å². The van der Waals surface area contributed by atoms with Crippen LogP contribution in [0.1, 0.15) is 56.2 Å². The Morgan fingerprint density at radius 1 is 1.38 bits per heavy atom. The van der Waals surface area contributed by atoms with Crippen LogP contribution >= 0.6 is 0 Å². The molecule has 1 N–H and O–H groups in total. The molecule has 1 aliphatic carbocycles. The monoisotopic (exact) mass is 328 g/mol. The number of nitrogens with zero attached hydrogens (tertiary/aromatic N) is 1. The molecule has 4 heteroatoms. The molecule has 1 unspecified atom stereocenters. The molecule has 2 aromatic rings. The van der Waals surface area contributed by atoms with Gasteiger partial charge in [-0.25, -0.2) is 0 Å². The number of methoxy groups -OCH3 is 1. The molecular formula is C20H28N2O2. The third kappa shape index (κ3) is 3.14. The first-order valence-corrected chi connectivity index (χ1v) is 9.07. The SMILES string of the molecule is CCCC(=O)NCC1CCCCc2c1c1cc(OC)ccc1n2C. The molecule has 130 valence electrons. The van der Waals surface area contributed by atoms with Crippen LogP contribution in [0, 0.1) is 0 Å². The first kappa shape index (κ1) is 16.9. The van der Waals surface area contributed by atoms with Crippen molar-refractivity contribution in [1.82, 2.24) is 9.88 Å². The first-order chi connectivity index (χ1) is 11.7. The maximum atomic E-state index is 11.9. The number of benzene rings is 1. The largest absolute Gasteiger partial charge is 0.497 e. The highest BCUT2D eigenvalue weighted by molar-refractivity contribution is 5.87. The van der Waals surface area contributed by atoms with Crippen molar-refractivity contribution < 1.29 is 9.53 Å². The summed E-state index contributed by atoms with van der Waals surface area (Å²) in [6.45, 7) is 2.78. The van der Waals surface area contributed by atoms with Gasteiger partial charge in [0, 0.05) is 42.5 Å². The second kappa shape index (κ2) is 7.29. The molecule has 0 spiro atoms. The number of nitrogens with one attached hydrogen (secondary N) is 1. The summed E-state index contributed by atoms with van der Waals surface area (Å²) in [6, 6.07) is 6.33. The van der Waals surface area contributed by atoms with Crippen LogP contribution in [0.3, 0.4) is 0 Å². The van der Waals surface area contributed by atoms with E-state index in [2.05, 4.69) is 29.1 Å². The van der Waals surface area contributed by atoms with Crippen LogP contribution < -0.4 is 10.1 Å². The fourth-order valence-electron chi connectivity index (χ4n) is 3.97. The molecule has 1 aromatic carbocycles. The minimum atomic E-state index is 0.168. The summed E-state index contributed by atoms with van der Waals surface area (Å²) >= 11 is 0. The van der Waals surface area contributed by atoms with Crippen molar-refractivity contribution in [2.75, 3.05) is 13.7 Å². The number of hydrogen-bond acceptors (Lipinski definition) is 2. The number of amides is 1. The Hall–Kier alpha value is -1.97. The van der Waals surface area contributed by atoms with E-state index in [1.165, 1.54) is 35.0 Å². The lowest BCUT2D eigenvalue weighted by atomic mass is 9.93. The molecule has 1 aromatic heterocycles. The van der Waals surface area contributed by atoms with Crippen LogP contribution in [-0.2, 0) is 18.3 Å². The Labute approximate surface area is 144 Å². The molecule has 1 aliphatic rings. The van der Waals surface area contributed by atoms with E-state index in [0.29, 0.717) is 12.3 Å². The normalized spacial score (nSPS) is 17.4. The van der Waals surface area contributed by atoms with Crippen molar-refractivity contribution in [2.24, 2.45) is 7.05 Å². The Morgan fingerprint density at radius 3 is 2.96 bits per heavy atom. The van der Waals surface area contributed by atoms with Gasteiger partial charge in [0.1, 0.15) is 5.75 Å². The molecule has 0 bridgehead atoms. The summed E-state index contributed by atoms with van der Waals surface area (Å²) < 4.78 is 7.77. The first-order valence-electron chi connectivity index (χ1n) is 9.07. The molecule has 3 rings (SSSR count). The highest BCUT2D eigenvalue weighted by atomic mass is 16.5. The molecular weight excluding hydrogens is 300 g/mol. The Morgan fingerprint density at radius 2 is 2.21 bits per heavy atom. The number of rotatable bonds is 5. The van der Waals surface area contributed by atoms with E-state index in [1.807, 2.05) is 13.0 Å². The van der Waals surface area contributed by atoms with Crippen LogP contribution in [0.5, 0.6) is 5.75 Å². The van der Waals surface area contributed by atoms with Crippen molar-refractivity contribution in [3.8, 4) is 5.75 Å². The number of aryl methyl sites for hydroxylation is 1. The zero-order valence-electron chi connectivity index (χ0n) is 15.0. The zero-order chi connectivity index (χ0) is 17.1. The topological polar surface area (TPSA) is 43.3 Å². The van der Waals surface area contributed by atoms with Crippen LogP contribution in [0.25, 0.3) is 10.9 Å². The third-order valence-corrected chi connectivity index (χ3v) is 5.22. The van der Waals surface area contributed by atoms with Crippen molar-refractivity contribution >= 4 is 16.8 Å². The van der Waals surface area contributed by atoms with Crippen LogP contribution in [-0.4, -0.2) is 24.1 Å². The standard InChI is InChI=1S/C20H28N2O2/c1-4-7-19(23)21-13-14-8-5-6-9-18-20(14)16-12-15(24-3)10-11-17(16)22(18)2/h10-12,14H,4-9,13H2,1-3H3,(H,21,23). The molecule has 1 atom stereocenters. The van der Waals surface area contributed by atoms with Gasteiger partial charge in [0.25, 0.3) is 0 Å². The Bertz CT molecular complexity index is 733. The number of hydrogen-bond donors (Lipinski definition) is 1. The zero-order valence-corrected chi connectivity index (χ0v) is 15.0. The maximum absolute atomic E-state index is 11.9. The van der Waals surface area contributed by atoms with Gasteiger partial charge < -0.3 is 14.6 Å². The summed E-state index contributed by atoms with van der Waals surface area (Å²) in [5.74, 6) is 1.45. The highest BCUT2D eigenvalue weighted by Gasteiger charge is 2.25. The highest BCUT2D eigenvalue weighted by Crippen LogP contribution is 2.38. The maximum Gasteiger partial charge on any atom is 0.220 e. The fourth-order valence-corrected chi connectivity index (χ4v) is 3.97. The molecule has 1 heterocycles. The predicted octanol–water partition coefficient (Wildman–Crippen LogP) is 3.91. The molecule has 0 fully saturated rings. The van der Waals surface area contributed by atoms with E-state index in [1.54, 1.807) is 7.11 Å². The van der Waals surface area contributed by atoms with Crippen molar-refractivity contribution in [2.45, 2.75) is 51.4 Å². The summed E-state index contributed by atoms with van der Waals surface area (Å²) in [7, 11) is 3.87. The lowest BCUT2D eigenvalue weighted by Crippen LogP contribution is -2.28. The number of carbonyl (C=O) groups excluding carboxylic acids is 1. The quantitative estimate of drug-likeness (QED) is 0.846. The third-order valence-electron chi connectivity index (χ3n) is 5.22. The van der Waals surface area contributed by atoms with Crippen molar-refractivity contribution in [3.05, 3.63) is 29.5 Å². The van der Waals surface area contributed by atoms with Crippen LogP contribution in [0.2, 0.25) is 0 Å². The minimum Gasteiger partial charge on any atom is -0.497 e. The van der Waals surface area contributed by atoms with Gasteiger partial charge >= 0.3 is 0 Å². The number of ether oxygens (including phenoxy) is 1. The second-order valence-electron chi connectivity index (χ2n) is 6.80. The van der Waals surface area contributed by atoms with Crippen molar-refractivity contribution in [3.63, 3.8) is 0 Å². The molecule has 0 aliphatic heterocycles. The molecule has 0 saturated carbocycles. The van der Waals surface area contributed by atoms with Gasteiger partial charge in [-0.1, -0.05) is 13.3 Å². The predicted molar refractivity (Wildman–Crippen MR) is 97.7 cm³/mol. The van der Waals surface area contributed by atoms with Gasteiger partial charge in [-0.3, -0.25) is 4.79 Å². The summed E-state index contributed by atoms with van der Waals surface area (Å²) in [6.07, 6.45) is 6.19. The van der Waals surface area contributed by atoms with Crippen LogP contribution in [0.15, 0.2) is 18.2 Å². The molecule has 0 radical (unpaired) electrons. The smallest absolute Gasteiger partial charge is 0.220 e. The lowest BCUT2D eigenvalue weighted by Gasteiger charge is -2.17. The molecule has 4 nitrogen and oxygen atoms in total.